The maximum Gasteiger partial charge on any atom is 0.339 e. The maximum absolute atomic E-state index is 11.5. The standard InChI is InChI=1S/C15H14N4O2/c1-10-5-3-4-6-12(10)19-9-11(15(20)21)14(17-19)13-7-8-16-18(13)2/h3-9H,1-2H3,(H,20,21). The molecule has 21 heavy (non-hydrogen) atoms. The molecule has 0 aliphatic rings. The average molecular weight is 282 g/mol. The molecule has 2 heterocycles. The number of carbonyl (C=O) groups is 1. The molecule has 2 aromatic heterocycles. The lowest BCUT2D eigenvalue weighted by Crippen LogP contribution is -2.00. The first-order valence-electron chi connectivity index (χ1n) is 6.45. The highest BCUT2D eigenvalue weighted by atomic mass is 16.4. The number of benzene rings is 1. The van der Waals surface area contributed by atoms with Crippen LogP contribution in [0.4, 0.5) is 0 Å². The van der Waals surface area contributed by atoms with Gasteiger partial charge in [0.05, 0.1) is 11.4 Å². The van der Waals surface area contributed by atoms with Gasteiger partial charge in [0.2, 0.25) is 0 Å². The molecule has 6 nitrogen and oxygen atoms in total. The van der Waals surface area contributed by atoms with Crippen LogP contribution in [0.2, 0.25) is 0 Å². The van der Waals surface area contributed by atoms with Crippen LogP contribution in [0.25, 0.3) is 17.1 Å². The molecule has 3 rings (SSSR count). The lowest BCUT2D eigenvalue weighted by molar-refractivity contribution is 0.0697. The molecule has 1 N–H and O–H groups in total. The van der Waals surface area contributed by atoms with Crippen LogP contribution in [-0.2, 0) is 7.05 Å². The van der Waals surface area contributed by atoms with Gasteiger partial charge in [0.1, 0.15) is 11.3 Å². The van der Waals surface area contributed by atoms with Gasteiger partial charge in [0, 0.05) is 19.4 Å². The Morgan fingerprint density at radius 2 is 2.00 bits per heavy atom. The Morgan fingerprint density at radius 3 is 2.62 bits per heavy atom. The van der Waals surface area contributed by atoms with Crippen molar-refractivity contribution in [3.8, 4) is 17.1 Å². The van der Waals surface area contributed by atoms with E-state index in [9.17, 15) is 9.90 Å². The van der Waals surface area contributed by atoms with Gasteiger partial charge in [-0.15, -0.1) is 0 Å². The van der Waals surface area contributed by atoms with Crippen LogP contribution in [0.5, 0.6) is 0 Å². The van der Waals surface area contributed by atoms with Gasteiger partial charge in [-0.25, -0.2) is 9.48 Å². The molecule has 0 aliphatic heterocycles. The Bertz CT molecular complexity index is 817. The molecule has 0 saturated heterocycles. The van der Waals surface area contributed by atoms with E-state index in [0.717, 1.165) is 11.3 Å². The van der Waals surface area contributed by atoms with E-state index in [2.05, 4.69) is 10.2 Å². The summed E-state index contributed by atoms with van der Waals surface area (Å²) in [6, 6.07) is 9.44. The van der Waals surface area contributed by atoms with Gasteiger partial charge >= 0.3 is 5.97 Å². The van der Waals surface area contributed by atoms with Crippen molar-refractivity contribution in [2.24, 2.45) is 7.05 Å². The minimum atomic E-state index is -1.01. The summed E-state index contributed by atoms with van der Waals surface area (Å²) in [5, 5.41) is 17.9. The van der Waals surface area contributed by atoms with E-state index in [0.29, 0.717) is 11.4 Å². The van der Waals surface area contributed by atoms with Crippen LogP contribution < -0.4 is 0 Å². The fraction of sp³-hybridized carbons (Fsp3) is 0.133. The summed E-state index contributed by atoms with van der Waals surface area (Å²) in [5.74, 6) is -1.01. The van der Waals surface area contributed by atoms with Crippen LogP contribution in [-0.4, -0.2) is 30.6 Å². The maximum atomic E-state index is 11.5. The van der Waals surface area contributed by atoms with E-state index in [1.165, 1.54) is 6.20 Å². The number of aryl methyl sites for hydroxylation is 2. The summed E-state index contributed by atoms with van der Waals surface area (Å²) in [7, 11) is 1.76. The van der Waals surface area contributed by atoms with Gasteiger partial charge in [-0.2, -0.15) is 10.2 Å². The van der Waals surface area contributed by atoms with Crippen LogP contribution in [0, 0.1) is 6.92 Å². The third-order valence-corrected chi connectivity index (χ3v) is 3.37. The van der Waals surface area contributed by atoms with Crippen molar-refractivity contribution in [2.45, 2.75) is 6.92 Å². The third kappa shape index (κ3) is 2.20. The lowest BCUT2D eigenvalue weighted by atomic mass is 10.2. The summed E-state index contributed by atoms with van der Waals surface area (Å²) in [6.07, 6.45) is 3.15. The van der Waals surface area contributed by atoms with Crippen LogP contribution in [0.15, 0.2) is 42.7 Å². The van der Waals surface area contributed by atoms with Crippen molar-refractivity contribution >= 4 is 5.97 Å². The number of aromatic nitrogens is 4. The average Bonchev–Trinajstić information content (AvgIpc) is 3.05. The predicted molar refractivity (Wildman–Crippen MR) is 77.5 cm³/mol. The SMILES string of the molecule is Cc1ccccc1-n1cc(C(=O)O)c(-c2ccnn2C)n1. The largest absolute Gasteiger partial charge is 0.478 e. The number of hydrogen-bond donors (Lipinski definition) is 1. The molecular weight excluding hydrogens is 268 g/mol. The number of hydrogen-bond acceptors (Lipinski definition) is 3. The van der Waals surface area contributed by atoms with Gasteiger partial charge in [-0.1, -0.05) is 18.2 Å². The number of para-hydroxylation sites is 1. The van der Waals surface area contributed by atoms with Crippen LogP contribution in [0.3, 0.4) is 0 Å². The summed E-state index contributed by atoms with van der Waals surface area (Å²) in [4.78, 5) is 11.5. The van der Waals surface area contributed by atoms with Crippen molar-refractivity contribution < 1.29 is 9.90 Å². The molecule has 0 spiro atoms. The first kappa shape index (κ1) is 13.1. The van der Waals surface area contributed by atoms with Gasteiger partial charge in [-0.3, -0.25) is 4.68 Å². The van der Waals surface area contributed by atoms with E-state index in [1.807, 2.05) is 31.2 Å². The molecular formula is C15H14N4O2. The zero-order valence-corrected chi connectivity index (χ0v) is 11.7. The minimum absolute atomic E-state index is 0.154. The fourth-order valence-corrected chi connectivity index (χ4v) is 2.27. The van der Waals surface area contributed by atoms with Gasteiger partial charge in [0.15, 0.2) is 0 Å². The molecule has 0 bridgehead atoms. The number of rotatable bonds is 3. The summed E-state index contributed by atoms with van der Waals surface area (Å²) in [5.41, 5.74) is 3.11. The Hall–Kier alpha value is -2.89. The van der Waals surface area contributed by atoms with Gasteiger partial charge in [-0.05, 0) is 24.6 Å². The molecule has 0 unspecified atom stereocenters. The fourth-order valence-electron chi connectivity index (χ4n) is 2.27. The Kier molecular flexibility index (Phi) is 3.06. The molecule has 0 aliphatic carbocycles. The predicted octanol–water partition coefficient (Wildman–Crippen LogP) is 2.28. The van der Waals surface area contributed by atoms with Crippen LogP contribution in [0.1, 0.15) is 15.9 Å². The van der Waals surface area contributed by atoms with Crippen molar-refractivity contribution in [1.82, 2.24) is 19.6 Å². The normalized spacial score (nSPS) is 10.8. The first-order valence-corrected chi connectivity index (χ1v) is 6.45. The molecule has 0 saturated carbocycles. The van der Waals surface area contributed by atoms with Crippen LogP contribution >= 0.6 is 0 Å². The van der Waals surface area contributed by atoms with E-state index in [1.54, 1.807) is 28.7 Å². The van der Waals surface area contributed by atoms with Gasteiger partial charge in [0.25, 0.3) is 0 Å². The molecule has 3 aromatic rings. The second-order valence-electron chi connectivity index (χ2n) is 4.77. The molecule has 6 heteroatoms. The second kappa shape index (κ2) is 4.90. The number of nitrogens with zero attached hydrogens (tertiary/aromatic N) is 4. The molecule has 0 atom stereocenters. The molecule has 0 radical (unpaired) electrons. The van der Waals surface area contributed by atoms with E-state index in [4.69, 9.17) is 0 Å². The smallest absolute Gasteiger partial charge is 0.339 e. The quantitative estimate of drug-likeness (QED) is 0.800. The number of aromatic carboxylic acids is 1. The van der Waals surface area contributed by atoms with Crippen molar-refractivity contribution in [3.05, 3.63) is 53.9 Å². The summed E-state index contributed by atoms with van der Waals surface area (Å²) >= 11 is 0. The van der Waals surface area contributed by atoms with E-state index in [-0.39, 0.29) is 5.56 Å². The lowest BCUT2D eigenvalue weighted by Gasteiger charge is -2.04. The van der Waals surface area contributed by atoms with E-state index >= 15 is 0 Å². The number of carboxylic acid groups (broad SMARTS) is 1. The molecule has 106 valence electrons. The zero-order chi connectivity index (χ0) is 15.0. The summed E-state index contributed by atoms with van der Waals surface area (Å²) < 4.78 is 3.21. The van der Waals surface area contributed by atoms with E-state index < -0.39 is 5.97 Å². The highest BCUT2D eigenvalue weighted by Crippen LogP contribution is 2.24. The topological polar surface area (TPSA) is 72.9 Å². The zero-order valence-electron chi connectivity index (χ0n) is 11.7. The molecule has 1 aromatic carbocycles. The number of carboxylic acids is 1. The first-order chi connectivity index (χ1) is 10.1. The molecule has 0 amide bonds. The highest BCUT2D eigenvalue weighted by Gasteiger charge is 2.20. The Morgan fingerprint density at radius 1 is 1.24 bits per heavy atom. The Balaban J connectivity index is 2.21. The second-order valence-corrected chi connectivity index (χ2v) is 4.77. The molecule has 0 fully saturated rings. The highest BCUT2D eigenvalue weighted by molar-refractivity contribution is 5.94. The monoisotopic (exact) mass is 282 g/mol. The van der Waals surface area contributed by atoms with Crippen molar-refractivity contribution in [2.75, 3.05) is 0 Å². The van der Waals surface area contributed by atoms with Gasteiger partial charge < -0.3 is 5.11 Å². The summed E-state index contributed by atoms with van der Waals surface area (Å²) in [6.45, 7) is 1.96. The minimum Gasteiger partial charge on any atom is -0.478 e. The van der Waals surface area contributed by atoms with Crippen molar-refractivity contribution in [3.63, 3.8) is 0 Å². The third-order valence-electron chi connectivity index (χ3n) is 3.37. The Labute approximate surface area is 121 Å². The van der Waals surface area contributed by atoms with Crippen molar-refractivity contribution in [1.29, 1.82) is 0 Å².